The summed E-state index contributed by atoms with van der Waals surface area (Å²) in [4.78, 5) is 14.8. The predicted molar refractivity (Wildman–Crippen MR) is 86.2 cm³/mol. The first kappa shape index (κ1) is 16.8. The number of likely N-dealkylation sites (tertiary alicyclic amines) is 1. The summed E-state index contributed by atoms with van der Waals surface area (Å²) in [6.45, 7) is 9.58. The Morgan fingerprint density at radius 1 is 1.05 bits per heavy atom. The molecule has 1 amide bonds. The molecule has 1 saturated heterocycles. The minimum atomic E-state index is -0.284. The largest absolute Gasteiger partial charge is 0.365 e. The van der Waals surface area contributed by atoms with E-state index in [1.165, 1.54) is 25.7 Å². The maximum atomic E-state index is 12.8. The number of nitrogens with zero attached hydrogens (tertiary/aromatic N) is 1. The average molecular weight is 295 g/mol. The fourth-order valence-electron chi connectivity index (χ4n) is 3.91. The third-order valence-corrected chi connectivity index (χ3v) is 5.27. The van der Waals surface area contributed by atoms with Gasteiger partial charge >= 0.3 is 0 Å². The van der Waals surface area contributed by atoms with Gasteiger partial charge in [0.1, 0.15) is 6.10 Å². The lowest BCUT2D eigenvalue weighted by Crippen LogP contribution is -2.46. The molecule has 2 aliphatic rings. The molecule has 0 unspecified atom stereocenters. The highest BCUT2D eigenvalue weighted by Crippen LogP contribution is 2.27. The minimum absolute atomic E-state index is 0.203. The fraction of sp³-hybridized carbons (Fsp3) is 0.944. The van der Waals surface area contributed by atoms with Crippen LogP contribution >= 0.6 is 0 Å². The van der Waals surface area contributed by atoms with Crippen molar-refractivity contribution in [3.63, 3.8) is 0 Å². The van der Waals surface area contributed by atoms with Crippen LogP contribution in [0.4, 0.5) is 0 Å². The van der Waals surface area contributed by atoms with Crippen molar-refractivity contribution < 1.29 is 9.53 Å². The van der Waals surface area contributed by atoms with Gasteiger partial charge in [-0.1, -0.05) is 33.1 Å². The Kier molecular flexibility index (Phi) is 6.09. The van der Waals surface area contributed by atoms with Gasteiger partial charge in [-0.25, -0.2) is 0 Å². The van der Waals surface area contributed by atoms with Gasteiger partial charge in [0.15, 0.2) is 0 Å². The second-order valence-electron chi connectivity index (χ2n) is 7.55. The van der Waals surface area contributed by atoms with Crippen LogP contribution < -0.4 is 0 Å². The summed E-state index contributed by atoms with van der Waals surface area (Å²) in [6, 6.07) is 0.360. The molecule has 2 fully saturated rings. The zero-order valence-corrected chi connectivity index (χ0v) is 14.3. The Hall–Kier alpha value is -0.570. The van der Waals surface area contributed by atoms with E-state index in [1.807, 2.05) is 6.92 Å². The molecule has 0 spiro atoms. The van der Waals surface area contributed by atoms with Crippen molar-refractivity contribution in [2.24, 2.45) is 11.8 Å². The Labute approximate surface area is 130 Å². The Morgan fingerprint density at radius 2 is 1.71 bits per heavy atom. The zero-order valence-electron chi connectivity index (χ0n) is 14.3. The molecule has 0 bridgehead atoms. The number of ether oxygens (including phenoxy) is 1. The minimum Gasteiger partial charge on any atom is -0.365 e. The topological polar surface area (TPSA) is 29.5 Å². The van der Waals surface area contributed by atoms with Gasteiger partial charge in [-0.2, -0.15) is 0 Å². The van der Waals surface area contributed by atoms with E-state index in [0.717, 1.165) is 31.7 Å². The predicted octanol–water partition coefficient (Wildman–Crippen LogP) is 4.01. The number of carbonyl (C=O) groups is 1. The molecule has 0 aromatic rings. The summed E-state index contributed by atoms with van der Waals surface area (Å²) in [7, 11) is 0. The van der Waals surface area contributed by atoms with Gasteiger partial charge in [-0.3, -0.25) is 4.79 Å². The molecule has 5 atom stereocenters. The van der Waals surface area contributed by atoms with Crippen molar-refractivity contribution in [2.45, 2.75) is 90.9 Å². The molecule has 1 aliphatic carbocycles. The summed E-state index contributed by atoms with van der Waals surface area (Å²) in [5.74, 6) is 1.55. The molecule has 0 aromatic carbocycles. The summed E-state index contributed by atoms with van der Waals surface area (Å²) in [5, 5.41) is 0. The van der Waals surface area contributed by atoms with Crippen LogP contribution in [0.5, 0.6) is 0 Å². The van der Waals surface area contributed by atoms with Crippen molar-refractivity contribution in [1.82, 2.24) is 4.90 Å². The lowest BCUT2D eigenvalue weighted by Gasteiger charge is -2.34. The lowest BCUT2D eigenvalue weighted by molar-refractivity contribution is -0.150. The van der Waals surface area contributed by atoms with Crippen LogP contribution in [0.15, 0.2) is 0 Å². The van der Waals surface area contributed by atoms with E-state index in [2.05, 4.69) is 25.7 Å². The summed E-state index contributed by atoms with van der Waals surface area (Å²) in [5.41, 5.74) is 0. The number of carbonyl (C=O) groups excluding carboxylic acids is 1. The fourth-order valence-corrected chi connectivity index (χ4v) is 3.91. The van der Waals surface area contributed by atoms with Crippen molar-refractivity contribution in [3.05, 3.63) is 0 Å². The van der Waals surface area contributed by atoms with Crippen molar-refractivity contribution in [2.75, 3.05) is 6.54 Å². The first-order valence-electron chi connectivity index (χ1n) is 8.93. The van der Waals surface area contributed by atoms with Gasteiger partial charge in [0.25, 0.3) is 5.91 Å². The van der Waals surface area contributed by atoms with Gasteiger partial charge in [0.2, 0.25) is 0 Å². The van der Waals surface area contributed by atoms with Gasteiger partial charge in [-0.15, -0.1) is 0 Å². The normalized spacial score (nSPS) is 36.1. The van der Waals surface area contributed by atoms with E-state index in [9.17, 15) is 4.79 Å². The standard InChI is InChI=1S/C18H33NO2/c1-13-7-6-10-17(11-13)21-16(4)18(20)19-12-14(2)8-5-9-15(19)3/h13-17H,5-12H2,1-4H3/t13-,14+,15-,16-,17+/m1/s1. The number of hydrogen-bond acceptors (Lipinski definition) is 2. The number of rotatable bonds is 3. The molecule has 2 rings (SSSR count). The third kappa shape index (κ3) is 4.70. The van der Waals surface area contributed by atoms with E-state index >= 15 is 0 Å². The first-order valence-corrected chi connectivity index (χ1v) is 8.93. The molecular formula is C18H33NO2. The Bertz CT molecular complexity index is 344. The average Bonchev–Trinajstić information content (AvgIpc) is 2.59. The van der Waals surface area contributed by atoms with Crippen molar-refractivity contribution in [3.8, 4) is 0 Å². The molecule has 0 radical (unpaired) electrons. The van der Waals surface area contributed by atoms with Crippen LogP contribution in [0.3, 0.4) is 0 Å². The molecule has 1 aliphatic heterocycles. The second-order valence-corrected chi connectivity index (χ2v) is 7.55. The van der Waals surface area contributed by atoms with Gasteiger partial charge in [0, 0.05) is 12.6 Å². The number of amides is 1. The highest BCUT2D eigenvalue weighted by Gasteiger charge is 2.31. The number of hydrogen-bond donors (Lipinski definition) is 0. The van der Waals surface area contributed by atoms with Gasteiger partial charge < -0.3 is 9.64 Å². The van der Waals surface area contributed by atoms with Crippen LogP contribution in [0, 0.1) is 11.8 Å². The van der Waals surface area contributed by atoms with E-state index in [1.54, 1.807) is 0 Å². The molecule has 0 N–H and O–H groups in total. The third-order valence-electron chi connectivity index (χ3n) is 5.27. The molecule has 3 nitrogen and oxygen atoms in total. The van der Waals surface area contributed by atoms with Crippen LogP contribution in [0.1, 0.15) is 72.6 Å². The molecule has 0 aromatic heterocycles. The Balaban J connectivity index is 1.90. The Morgan fingerprint density at radius 3 is 2.43 bits per heavy atom. The maximum Gasteiger partial charge on any atom is 0.251 e. The van der Waals surface area contributed by atoms with E-state index in [0.29, 0.717) is 12.0 Å². The van der Waals surface area contributed by atoms with E-state index in [-0.39, 0.29) is 18.1 Å². The smallest absolute Gasteiger partial charge is 0.251 e. The molecule has 21 heavy (non-hydrogen) atoms. The highest BCUT2D eigenvalue weighted by molar-refractivity contribution is 5.80. The molecular weight excluding hydrogens is 262 g/mol. The molecule has 1 saturated carbocycles. The van der Waals surface area contributed by atoms with Gasteiger partial charge in [-0.05, 0) is 51.4 Å². The van der Waals surface area contributed by atoms with Gasteiger partial charge in [0.05, 0.1) is 6.10 Å². The van der Waals surface area contributed by atoms with E-state index in [4.69, 9.17) is 4.74 Å². The lowest BCUT2D eigenvalue weighted by atomic mass is 9.88. The molecule has 3 heteroatoms. The van der Waals surface area contributed by atoms with E-state index < -0.39 is 0 Å². The molecule has 122 valence electrons. The maximum absolute atomic E-state index is 12.8. The first-order chi connectivity index (χ1) is 9.97. The van der Waals surface area contributed by atoms with Crippen LogP contribution in [-0.2, 0) is 9.53 Å². The zero-order chi connectivity index (χ0) is 15.4. The van der Waals surface area contributed by atoms with Crippen LogP contribution in [0.2, 0.25) is 0 Å². The quantitative estimate of drug-likeness (QED) is 0.787. The molecule has 1 heterocycles. The monoisotopic (exact) mass is 295 g/mol. The van der Waals surface area contributed by atoms with Crippen LogP contribution in [-0.4, -0.2) is 35.6 Å². The van der Waals surface area contributed by atoms with Crippen molar-refractivity contribution in [1.29, 1.82) is 0 Å². The summed E-state index contributed by atoms with van der Waals surface area (Å²) >= 11 is 0. The van der Waals surface area contributed by atoms with Crippen molar-refractivity contribution >= 4 is 5.91 Å². The summed E-state index contributed by atoms with van der Waals surface area (Å²) < 4.78 is 6.11. The highest BCUT2D eigenvalue weighted by atomic mass is 16.5. The SMILES string of the molecule is C[C@@H]1CCC[C@H](O[C@H](C)C(=O)N2C[C@@H](C)CCC[C@H]2C)C1. The van der Waals surface area contributed by atoms with Crippen LogP contribution in [0.25, 0.3) is 0 Å². The second kappa shape index (κ2) is 7.62. The summed E-state index contributed by atoms with van der Waals surface area (Å²) in [6.07, 6.45) is 8.39.